The molecule has 3 heterocycles. The molecule has 3 fully saturated rings. The van der Waals surface area contributed by atoms with Crippen molar-refractivity contribution in [2.75, 3.05) is 61.8 Å². The number of likely N-dealkylation sites (tertiary alicyclic amines) is 1. The van der Waals surface area contributed by atoms with Crippen molar-refractivity contribution in [3.8, 4) is 24.1 Å². The fraction of sp³-hybridized carbons (Fsp3) is 0.480. The molecule has 354 valence electrons. The molecule has 1 saturated heterocycles. The number of amides is 4. The Morgan fingerprint density at radius 3 is 2.17 bits per heavy atom. The molecule has 2 saturated carbocycles. The third-order valence-corrected chi connectivity index (χ3v) is 12.7. The van der Waals surface area contributed by atoms with Crippen LogP contribution in [0, 0.1) is 24.2 Å². The number of fused-ring (bicyclic) bond motifs is 3. The number of methoxy groups -OCH3 is 4. The van der Waals surface area contributed by atoms with Crippen LogP contribution in [0.1, 0.15) is 88.2 Å². The quantitative estimate of drug-likeness (QED) is 0.0989. The summed E-state index contributed by atoms with van der Waals surface area (Å²) in [6, 6.07) is 13.0. The van der Waals surface area contributed by atoms with Crippen LogP contribution in [0.15, 0.2) is 67.0 Å². The molecule has 2 bridgehead atoms. The maximum absolute atomic E-state index is 13.2. The van der Waals surface area contributed by atoms with Crippen LogP contribution in [0.2, 0.25) is 0 Å². The Balaban J connectivity index is 0.000000841. The first-order valence-electron chi connectivity index (χ1n) is 22.3. The summed E-state index contributed by atoms with van der Waals surface area (Å²) in [6.45, 7) is 7.88. The summed E-state index contributed by atoms with van der Waals surface area (Å²) in [6.07, 6.45) is 23.0. The van der Waals surface area contributed by atoms with E-state index in [1.807, 2.05) is 18.0 Å². The number of alkyl carbamates (subject to hydrolysis) is 2. The number of rotatable bonds is 13. The van der Waals surface area contributed by atoms with Gasteiger partial charge in [-0.2, -0.15) is 0 Å². The fourth-order valence-electron chi connectivity index (χ4n) is 8.72. The molecule has 4 N–H and O–H groups in total. The highest BCUT2D eigenvalue weighted by Crippen LogP contribution is 2.50. The molecule has 4 amide bonds. The van der Waals surface area contributed by atoms with Gasteiger partial charge in [0.15, 0.2) is 0 Å². The molecule has 8 rings (SSSR count). The van der Waals surface area contributed by atoms with Gasteiger partial charge >= 0.3 is 12.2 Å². The Morgan fingerprint density at radius 2 is 1.53 bits per heavy atom. The van der Waals surface area contributed by atoms with E-state index in [-0.39, 0.29) is 47.8 Å². The zero-order chi connectivity index (χ0) is 48.0. The molecule has 66 heavy (non-hydrogen) atoms. The summed E-state index contributed by atoms with van der Waals surface area (Å²) >= 11 is 0. The van der Waals surface area contributed by atoms with Gasteiger partial charge < -0.3 is 49.3 Å². The van der Waals surface area contributed by atoms with Gasteiger partial charge in [-0.1, -0.05) is 62.4 Å². The Bertz CT molecular complexity index is 2380. The standard InChI is InChI=1S/C43H50N8O6.C3H8O.C2H6O.C2H2/c1-42(15-16-42)25-50(36(52)22-46-40(54)56-3)24-35-44-20-34(48-35)29-6-5-28-18-31(9-7-27(28)17-29)43(2)13-11-26(12-14-43)33-21-45-39(49-33)38-30-8-10-32(19-30)51(38)37(53)23-47-41(55)57-4;1-3-4-2;1-3-2;1-2/h5-7,9,11-13,17-18,20-21,30,32,38H,8,10,14-16,19,22-25H2,1-4H3,(H,44,48)(H,45,49)(H,46,54)(H,47,55);3H2,1-2H3;1-2H3;1-2H/t30-,32?,38-,43?;;;/m0.../s1. The van der Waals surface area contributed by atoms with E-state index in [1.165, 1.54) is 19.8 Å². The van der Waals surface area contributed by atoms with E-state index in [1.54, 1.807) is 32.4 Å². The number of H-pyrrole nitrogens is 2. The van der Waals surface area contributed by atoms with Crippen molar-refractivity contribution in [2.24, 2.45) is 11.3 Å². The van der Waals surface area contributed by atoms with Crippen molar-refractivity contribution in [1.82, 2.24) is 40.4 Å². The third kappa shape index (κ3) is 12.5. The molecule has 2 aromatic carbocycles. The minimum Gasteiger partial charge on any atom is -0.453 e. The molecular formula is C50H66N8O8. The number of aromatic amines is 2. The van der Waals surface area contributed by atoms with Crippen LogP contribution >= 0.6 is 0 Å². The second-order valence-electron chi connectivity index (χ2n) is 17.5. The SMILES string of the molecule is C#C.CCOC.COC.COC(=O)NCC(=O)N(Cc1ncc(-c2ccc3cc(C4(C)C=CC(c5cnc([C@@H]6[C@H]7CCC(C7)N6C(=O)CNC(=O)OC)[nH]5)=CC4)ccc3c2)[nH]1)CC1(C)CC1. The van der Waals surface area contributed by atoms with Crippen molar-refractivity contribution >= 4 is 40.3 Å². The number of carbonyl (C=O) groups is 4. The lowest BCUT2D eigenvalue weighted by Gasteiger charge is -2.34. The third-order valence-electron chi connectivity index (χ3n) is 12.7. The lowest BCUT2D eigenvalue weighted by Crippen LogP contribution is -2.45. The number of aromatic nitrogens is 4. The Labute approximate surface area is 388 Å². The van der Waals surface area contributed by atoms with Gasteiger partial charge in [-0.25, -0.2) is 19.6 Å². The molecule has 1 aliphatic heterocycles. The highest BCUT2D eigenvalue weighted by Gasteiger charge is 2.50. The second-order valence-corrected chi connectivity index (χ2v) is 17.5. The average Bonchev–Trinajstić information content (AvgIpc) is 3.89. The Morgan fingerprint density at radius 1 is 0.879 bits per heavy atom. The Hall–Kier alpha value is -6.44. The summed E-state index contributed by atoms with van der Waals surface area (Å²) in [5, 5.41) is 7.28. The topological polar surface area (TPSA) is 193 Å². The maximum Gasteiger partial charge on any atom is 0.407 e. The number of terminal acetylenes is 1. The molecule has 16 heteroatoms. The molecule has 4 aliphatic rings. The van der Waals surface area contributed by atoms with E-state index >= 15 is 0 Å². The summed E-state index contributed by atoms with van der Waals surface area (Å²) in [4.78, 5) is 69.5. The molecule has 4 aromatic rings. The van der Waals surface area contributed by atoms with Gasteiger partial charge in [0.2, 0.25) is 11.8 Å². The van der Waals surface area contributed by atoms with E-state index in [4.69, 9.17) is 4.98 Å². The molecule has 16 nitrogen and oxygen atoms in total. The fourth-order valence-corrected chi connectivity index (χ4v) is 8.72. The monoisotopic (exact) mass is 907 g/mol. The minimum atomic E-state index is -0.635. The van der Waals surface area contributed by atoms with E-state index in [0.717, 1.165) is 84.3 Å². The minimum absolute atomic E-state index is 0.0930. The van der Waals surface area contributed by atoms with Crippen molar-refractivity contribution in [2.45, 2.75) is 83.3 Å². The predicted octanol–water partition coefficient (Wildman–Crippen LogP) is 7.31. The van der Waals surface area contributed by atoms with Crippen LogP contribution in [-0.4, -0.2) is 122 Å². The number of hydrogen-bond acceptors (Lipinski definition) is 10. The van der Waals surface area contributed by atoms with Crippen LogP contribution in [0.25, 0.3) is 27.6 Å². The van der Waals surface area contributed by atoms with Gasteiger partial charge in [-0.15, -0.1) is 12.8 Å². The molecule has 0 radical (unpaired) electrons. The van der Waals surface area contributed by atoms with Crippen molar-refractivity contribution in [1.29, 1.82) is 0 Å². The van der Waals surface area contributed by atoms with Crippen LogP contribution in [0.4, 0.5) is 9.59 Å². The first-order valence-corrected chi connectivity index (χ1v) is 22.3. The molecule has 2 aromatic heterocycles. The number of piperidine rings is 1. The molecule has 3 aliphatic carbocycles. The number of nitrogens with one attached hydrogen (secondary N) is 4. The normalized spacial score (nSPS) is 20.5. The zero-order valence-corrected chi connectivity index (χ0v) is 39.6. The van der Waals surface area contributed by atoms with Gasteiger partial charge in [0.25, 0.3) is 0 Å². The summed E-state index contributed by atoms with van der Waals surface area (Å²) in [5.41, 5.74) is 4.96. The number of nitrogens with zero attached hydrogens (tertiary/aromatic N) is 4. The lowest BCUT2D eigenvalue weighted by atomic mass is 9.75. The number of benzene rings is 2. The average molecular weight is 907 g/mol. The maximum atomic E-state index is 13.2. The summed E-state index contributed by atoms with van der Waals surface area (Å²) in [7, 11) is 7.49. The molecular weight excluding hydrogens is 841 g/mol. The number of carbonyl (C=O) groups excluding carboxylic acids is 4. The van der Waals surface area contributed by atoms with E-state index in [0.29, 0.717) is 24.8 Å². The van der Waals surface area contributed by atoms with Gasteiger partial charge in [0.1, 0.15) is 24.7 Å². The largest absolute Gasteiger partial charge is 0.453 e. The smallest absolute Gasteiger partial charge is 0.407 e. The van der Waals surface area contributed by atoms with E-state index < -0.39 is 12.2 Å². The number of ether oxygens (including phenoxy) is 4. The molecule has 2 unspecified atom stereocenters. The van der Waals surface area contributed by atoms with E-state index in [9.17, 15) is 19.2 Å². The molecule has 0 spiro atoms. The highest BCUT2D eigenvalue weighted by atomic mass is 16.5. The van der Waals surface area contributed by atoms with Gasteiger partial charge in [0, 0.05) is 51.5 Å². The lowest BCUT2D eigenvalue weighted by molar-refractivity contribution is -0.135. The number of imidazole rings is 2. The summed E-state index contributed by atoms with van der Waals surface area (Å²) in [5.74, 6) is 1.51. The van der Waals surface area contributed by atoms with Crippen molar-refractivity contribution in [3.05, 3.63) is 89.9 Å². The first kappa shape index (κ1) is 50.6. The van der Waals surface area contributed by atoms with Crippen LogP contribution in [0.3, 0.4) is 0 Å². The predicted molar refractivity (Wildman–Crippen MR) is 254 cm³/mol. The number of hydrogen-bond donors (Lipinski definition) is 4. The second kappa shape index (κ2) is 23.1. The van der Waals surface area contributed by atoms with Gasteiger partial charge in [-0.05, 0) is 84.8 Å². The van der Waals surface area contributed by atoms with Crippen LogP contribution in [0.5, 0.6) is 0 Å². The van der Waals surface area contributed by atoms with Crippen molar-refractivity contribution < 1.29 is 38.1 Å². The van der Waals surface area contributed by atoms with E-state index in [2.05, 4.69) is 126 Å². The first-order chi connectivity index (χ1) is 31.8. The van der Waals surface area contributed by atoms with Crippen molar-refractivity contribution in [3.63, 3.8) is 0 Å². The number of allylic oxidation sites excluding steroid dienone is 4. The van der Waals surface area contributed by atoms with Gasteiger partial charge in [-0.3, -0.25) is 9.59 Å². The van der Waals surface area contributed by atoms with Crippen LogP contribution in [-0.2, 0) is 40.5 Å². The zero-order valence-electron chi connectivity index (χ0n) is 39.6. The van der Waals surface area contributed by atoms with Gasteiger partial charge in [0.05, 0.1) is 50.6 Å². The summed E-state index contributed by atoms with van der Waals surface area (Å²) < 4.78 is 18.1. The Kier molecular flexibility index (Phi) is 17.7. The van der Waals surface area contributed by atoms with Crippen LogP contribution < -0.4 is 10.6 Å². The molecule has 4 atom stereocenters. The highest BCUT2D eigenvalue weighted by molar-refractivity contribution is 5.88.